The average Bonchev–Trinajstić information content (AvgIpc) is 2.66. The fourth-order valence-corrected chi connectivity index (χ4v) is 2.85. The van der Waals surface area contributed by atoms with Gasteiger partial charge < -0.3 is 10.2 Å². The Morgan fingerprint density at radius 1 is 1.20 bits per heavy atom. The van der Waals surface area contributed by atoms with Gasteiger partial charge in [0.05, 0.1) is 0 Å². The molecule has 0 bridgehead atoms. The Balaban J connectivity index is 0.00000112. The van der Waals surface area contributed by atoms with E-state index < -0.39 is 0 Å². The summed E-state index contributed by atoms with van der Waals surface area (Å²) in [5.41, 5.74) is 0.697. The maximum atomic E-state index is 3.52. The van der Waals surface area contributed by atoms with Gasteiger partial charge in [0.15, 0.2) is 0 Å². The molecule has 0 unspecified atom stereocenters. The van der Waals surface area contributed by atoms with Crippen molar-refractivity contribution in [1.82, 2.24) is 10.2 Å². The highest BCUT2D eigenvalue weighted by Gasteiger charge is 2.36. The number of hydrogen-bond donors (Lipinski definition) is 1. The number of unbranched alkanes of at least 4 members (excludes halogenated alkanes) is 1. The third-order valence-electron chi connectivity index (χ3n) is 4.08. The summed E-state index contributed by atoms with van der Waals surface area (Å²) in [7, 11) is 0. The Kier molecular flexibility index (Phi) is 5.37. The molecule has 0 aliphatic carbocycles. The van der Waals surface area contributed by atoms with Crippen LogP contribution in [-0.4, -0.2) is 37.6 Å². The lowest BCUT2D eigenvalue weighted by molar-refractivity contribution is 0.118. The van der Waals surface area contributed by atoms with Crippen LogP contribution < -0.4 is 5.32 Å². The molecule has 90 valence electrons. The highest BCUT2D eigenvalue weighted by atomic mass is 35.5. The van der Waals surface area contributed by atoms with Gasteiger partial charge in [0.1, 0.15) is 0 Å². The van der Waals surface area contributed by atoms with Crippen molar-refractivity contribution in [3.8, 4) is 0 Å². The van der Waals surface area contributed by atoms with E-state index in [0.29, 0.717) is 5.41 Å². The standard InChI is InChI=1S/C12H24N2.ClH/c1-2-3-8-14-9-5-12(6-10-14)4-7-13-11-12;/h13H,2-11H2,1H3;1H. The number of piperidine rings is 1. The third kappa shape index (κ3) is 3.33. The summed E-state index contributed by atoms with van der Waals surface area (Å²) < 4.78 is 0. The van der Waals surface area contributed by atoms with Gasteiger partial charge in [-0.25, -0.2) is 0 Å². The van der Waals surface area contributed by atoms with E-state index in [2.05, 4.69) is 17.1 Å². The molecule has 1 spiro atoms. The van der Waals surface area contributed by atoms with Crippen LogP contribution in [0.1, 0.15) is 39.0 Å². The van der Waals surface area contributed by atoms with E-state index in [0.717, 1.165) is 0 Å². The Bertz CT molecular complexity index is 168. The molecule has 3 heteroatoms. The number of halogens is 1. The molecule has 0 radical (unpaired) electrons. The minimum absolute atomic E-state index is 0. The molecular formula is C12H25ClN2. The van der Waals surface area contributed by atoms with E-state index >= 15 is 0 Å². The number of rotatable bonds is 3. The summed E-state index contributed by atoms with van der Waals surface area (Å²) in [6.45, 7) is 8.86. The lowest BCUT2D eigenvalue weighted by atomic mass is 9.78. The van der Waals surface area contributed by atoms with E-state index in [1.807, 2.05) is 0 Å². The predicted octanol–water partition coefficient (Wildman–Crippen LogP) is 2.28. The van der Waals surface area contributed by atoms with Gasteiger partial charge in [0.25, 0.3) is 0 Å². The van der Waals surface area contributed by atoms with Crippen molar-refractivity contribution in [1.29, 1.82) is 0 Å². The Morgan fingerprint density at radius 3 is 2.47 bits per heavy atom. The first-order chi connectivity index (χ1) is 6.85. The minimum atomic E-state index is 0. The van der Waals surface area contributed by atoms with Gasteiger partial charge in [-0.15, -0.1) is 12.4 Å². The number of nitrogens with zero attached hydrogens (tertiary/aromatic N) is 1. The van der Waals surface area contributed by atoms with Crippen LogP contribution in [0.4, 0.5) is 0 Å². The Hall–Kier alpha value is 0.210. The summed E-state index contributed by atoms with van der Waals surface area (Å²) in [6, 6.07) is 0. The second-order valence-corrected chi connectivity index (χ2v) is 5.12. The van der Waals surface area contributed by atoms with E-state index in [1.54, 1.807) is 0 Å². The van der Waals surface area contributed by atoms with E-state index in [4.69, 9.17) is 0 Å². The molecule has 2 rings (SSSR count). The van der Waals surface area contributed by atoms with Gasteiger partial charge in [-0.3, -0.25) is 0 Å². The fourth-order valence-electron chi connectivity index (χ4n) is 2.85. The summed E-state index contributed by atoms with van der Waals surface area (Å²) in [5, 5.41) is 3.52. The molecule has 2 fully saturated rings. The summed E-state index contributed by atoms with van der Waals surface area (Å²) >= 11 is 0. The van der Waals surface area contributed by atoms with Gasteiger partial charge in [0, 0.05) is 6.54 Å². The molecule has 0 atom stereocenters. The first kappa shape index (κ1) is 13.3. The molecule has 0 saturated carbocycles. The third-order valence-corrected chi connectivity index (χ3v) is 4.08. The van der Waals surface area contributed by atoms with E-state index in [-0.39, 0.29) is 12.4 Å². The van der Waals surface area contributed by atoms with Gasteiger partial charge in [-0.05, 0) is 57.3 Å². The van der Waals surface area contributed by atoms with Gasteiger partial charge in [0.2, 0.25) is 0 Å². The minimum Gasteiger partial charge on any atom is -0.316 e. The van der Waals surface area contributed by atoms with Crippen LogP contribution in [0.15, 0.2) is 0 Å². The topological polar surface area (TPSA) is 15.3 Å². The van der Waals surface area contributed by atoms with E-state index in [1.165, 1.54) is 64.8 Å². The van der Waals surface area contributed by atoms with Crippen molar-refractivity contribution in [3.63, 3.8) is 0 Å². The van der Waals surface area contributed by atoms with Crippen molar-refractivity contribution < 1.29 is 0 Å². The predicted molar refractivity (Wildman–Crippen MR) is 67.7 cm³/mol. The van der Waals surface area contributed by atoms with Crippen molar-refractivity contribution in [2.75, 3.05) is 32.7 Å². The highest BCUT2D eigenvalue weighted by molar-refractivity contribution is 5.85. The van der Waals surface area contributed by atoms with Crippen LogP contribution in [0.3, 0.4) is 0 Å². The largest absolute Gasteiger partial charge is 0.316 e. The highest BCUT2D eigenvalue weighted by Crippen LogP contribution is 2.36. The molecule has 2 saturated heterocycles. The van der Waals surface area contributed by atoms with Crippen LogP contribution in [0.25, 0.3) is 0 Å². The normalized spacial score (nSPS) is 25.4. The van der Waals surface area contributed by atoms with Crippen molar-refractivity contribution in [3.05, 3.63) is 0 Å². The Morgan fingerprint density at radius 2 is 1.93 bits per heavy atom. The first-order valence-corrected chi connectivity index (χ1v) is 6.28. The lowest BCUT2D eigenvalue weighted by Gasteiger charge is -2.38. The summed E-state index contributed by atoms with van der Waals surface area (Å²) in [4.78, 5) is 2.66. The monoisotopic (exact) mass is 232 g/mol. The molecule has 15 heavy (non-hydrogen) atoms. The van der Waals surface area contributed by atoms with Gasteiger partial charge in [-0.2, -0.15) is 0 Å². The number of nitrogens with one attached hydrogen (secondary N) is 1. The van der Waals surface area contributed by atoms with Crippen molar-refractivity contribution >= 4 is 12.4 Å². The molecule has 1 N–H and O–H groups in total. The van der Waals surface area contributed by atoms with Crippen molar-refractivity contribution in [2.45, 2.75) is 39.0 Å². The molecule has 0 aromatic heterocycles. The van der Waals surface area contributed by atoms with Crippen LogP contribution in [0.2, 0.25) is 0 Å². The number of hydrogen-bond acceptors (Lipinski definition) is 2. The van der Waals surface area contributed by atoms with Gasteiger partial charge in [-0.1, -0.05) is 13.3 Å². The quantitative estimate of drug-likeness (QED) is 0.804. The summed E-state index contributed by atoms with van der Waals surface area (Å²) in [6.07, 6.45) is 7.01. The SMILES string of the molecule is CCCCN1CCC2(CCNC2)CC1.Cl. The zero-order valence-electron chi connectivity index (χ0n) is 9.93. The lowest BCUT2D eigenvalue weighted by Crippen LogP contribution is -2.41. The molecule has 0 amide bonds. The molecular weight excluding hydrogens is 208 g/mol. The fraction of sp³-hybridized carbons (Fsp3) is 1.00. The smallest absolute Gasteiger partial charge is 0.000924 e. The molecule has 0 aromatic carbocycles. The molecule has 2 nitrogen and oxygen atoms in total. The zero-order valence-corrected chi connectivity index (χ0v) is 10.7. The zero-order chi connectivity index (χ0) is 9.86. The second kappa shape index (κ2) is 6.07. The number of likely N-dealkylation sites (tertiary alicyclic amines) is 1. The maximum Gasteiger partial charge on any atom is 0.000924 e. The van der Waals surface area contributed by atoms with Crippen LogP contribution in [0.5, 0.6) is 0 Å². The Labute approximate surface area is 100 Å². The molecule has 2 aliphatic heterocycles. The maximum absolute atomic E-state index is 3.52. The van der Waals surface area contributed by atoms with Gasteiger partial charge >= 0.3 is 0 Å². The first-order valence-electron chi connectivity index (χ1n) is 6.28. The van der Waals surface area contributed by atoms with Crippen LogP contribution >= 0.6 is 12.4 Å². The molecule has 0 aromatic rings. The average molecular weight is 233 g/mol. The molecule has 2 heterocycles. The van der Waals surface area contributed by atoms with Crippen LogP contribution in [-0.2, 0) is 0 Å². The second-order valence-electron chi connectivity index (χ2n) is 5.12. The van der Waals surface area contributed by atoms with Crippen molar-refractivity contribution in [2.24, 2.45) is 5.41 Å². The van der Waals surface area contributed by atoms with E-state index in [9.17, 15) is 0 Å². The summed E-state index contributed by atoms with van der Waals surface area (Å²) in [5.74, 6) is 0. The van der Waals surface area contributed by atoms with Crippen LogP contribution in [0, 0.1) is 5.41 Å². The molecule has 2 aliphatic rings.